The quantitative estimate of drug-likeness (QED) is 0.865. The summed E-state index contributed by atoms with van der Waals surface area (Å²) >= 11 is 3.01. The molecule has 0 saturated carbocycles. The molecule has 0 fully saturated rings. The Labute approximate surface area is 102 Å². The lowest BCUT2D eigenvalue weighted by molar-refractivity contribution is 0.494. The summed E-state index contributed by atoms with van der Waals surface area (Å²) in [4.78, 5) is 34.8. The van der Waals surface area contributed by atoms with Gasteiger partial charge in [-0.3, -0.25) is 14.3 Å². The van der Waals surface area contributed by atoms with Gasteiger partial charge in [0.15, 0.2) is 0 Å². The van der Waals surface area contributed by atoms with Crippen LogP contribution in [-0.4, -0.2) is 9.55 Å². The number of furan rings is 1. The molecular weight excluding hydrogens is 294 g/mol. The zero-order valence-electron chi connectivity index (χ0n) is 8.34. The minimum absolute atomic E-state index is 0.0588. The zero-order chi connectivity index (χ0) is 12.4. The third-order valence-electron chi connectivity index (χ3n) is 2.03. The Morgan fingerprint density at radius 2 is 2.18 bits per heavy atom. The molecule has 2 aromatic heterocycles. The minimum atomic E-state index is -0.560. The predicted octanol–water partition coefficient (Wildman–Crippen LogP) is 1.34. The second-order valence-corrected chi connectivity index (χ2v) is 4.05. The number of hydrogen-bond donors (Lipinski definition) is 1. The lowest BCUT2D eigenvalue weighted by Gasteiger charge is -2.02. The number of halogens is 1. The summed E-state index contributed by atoms with van der Waals surface area (Å²) in [5.41, 5.74) is -1.06. The van der Waals surface area contributed by atoms with E-state index in [1.54, 1.807) is 0 Å². The third-order valence-corrected chi connectivity index (χ3v) is 2.60. The normalized spacial score (nSPS) is 10.4. The van der Waals surface area contributed by atoms with E-state index in [1.807, 2.05) is 0 Å². The van der Waals surface area contributed by atoms with E-state index in [1.165, 1.54) is 22.9 Å². The summed E-state index contributed by atoms with van der Waals surface area (Å²) in [7, 11) is 0. The molecule has 7 nitrogen and oxygen atoms in total. The van der Waals surface area contributed by atoms with Crippen molar-refractivity contribution in [3.63, 3.8) is 0 Å². The van der Waals surface area contributed by atoms with E-state index in [9.17, 15) is 14.5 Å². The molecule has 17 heavy (non-hydrogen) atoms. The summed E-state index contributed by atoms with van der Waals surface area (Å²) in [5, 5.41) is 2.62. The fourth-order valence-electron chi connectivity index (χ4n) is 1.27. The van der Waals surface area contributed by atoms with Crippen LogP contribution in [0, 0.1) is 4.91 Å². The molecule has 0 aliphatic rings. The van der Waals surface area contributed by atoms with Crippen molar-refractivity contribution in [2.75, 3.05) is 0 Å². The van der Waals surface area contributed by atoms with E-state index in [2.05, 4.69) is 26.1 Å². The van der Waals surface area contributed by atoms with Crippen molar-refractivity contribution in [2.45, 2.75) is 6.54 Å². The molecule has 0 spiro atoms. The first kappa shape index (κ1) is 11.5. The molecular formula is C9H6BrN3O4. The number of aromatic amines is 1. The van der Waals surface area contributed by atoms with E-state index in [-0.39, 0.29) is 16.9 Å². The molecule has 8 heteroatoms. The average Bonchev–Trinajstić information content (AvgIpc) is 2.73. The van der Waals surface area contributed by atoms with Gasteiger partial charge in [-0.1, -0.05) is 0 Å². The molecule has 0 radical (unpaired) electrons. The van der Waals surface area contributed by atoms with Gasteiger partial charge in [-0.15, -0.1) is 4.91 Å². The first-order valence-corrected chi connectivity index (χ1v) is 5.31. The highest BCUT2D eigenvalue weighted by Crippen LogP contribution is 2.16. The number of aromatic nitrogens is 2. The van der Waals surface area contributed by atoms with Gasteiger partial charge in [0.1, 0.15) is 5.76 Å². The van der Waals surface area contributed by atoms with Gasteiger partial charge in [-0.25, -0.2) is 4.79 Å². The average molecular weight is 300 g/mol. The summed E-state index contributed by atoms with van der Waals surface area (Å²) in [6, 6.07) is 2.93. The topological polar surface area (TPSA) is 97.4 Å². The van der Waals surface area contributed by atoms with Crippen molar-refractivity contribution in [2.24, 2.45) is 5.18 Å². The second kappa shape index (κ2) is 4.50. The van der Waals surface area contributed by atoms with Crippen LogP contribution in [0.1, 0.15) is 5.76 Å². The molecule has 2 heterocycles. The van der Waals surface area contributed by atoms with Crippen molar-refractivity contribution in [3.05, 3.63) is 54.3 Å². The summed E-state index contributed by atoms with van der Waals surface area (Å²) < 4.78 is 6.48. The number of nitrogens with zero attached hydrogens (tertiary/aromatic N) is 2. The number of rotatable bonds is 3. The van der Waals surface area contributed by atoms with Crippen molar-refractivity contribution in [1.29, 1.82) is 0 Å². The third kappa shape index (κ3) is 2.41. The van der Waals surface area contributed by atoms with E-state index < -0.39 is 11.2 Å². The van der Waals surface area contributed by atoms with Crippen molar-refractivity contribution in [1.82, 2.24) is 9.55 Å². The molecule has 0 aromatic carbocycles. The first-order chi connectivity index (χ1) is 8.10. The Hall–Kier alpha value is -1.96. The van der Waals surface area contributed by atoms with Crippen LogP contribution in [0.3, 0.4) is 0 Å². The van der Waals surface area contributed by atoms with E-state index in [0.29, 0.717) is 5.76 Å². The van der Waals surface area contributed by atoms with Crippen LogP contribution in [0.15, 0.2) is 42.0 Å². The number of nitroso groups, excluding NO2 is 1. The fourth-order valence-corrected chi connectivity index (χ4v) is 1.61. The van der Waals surface area contributed by atoms with Crippen LogP contribution in [0.2, 0.25) is 0 Å². The van der Waals surface area contributed by atoms with Gasteiger partial charge < -0.3 is 4.42 Å². The molecule has 88 valence electrons. The number of hydrogen-bond acceptors (Lipinski definition) is 5. The largest absolute Gasteiger partial charge is 0.439 e. The minimum Gasteiger partial charge on any atom is -0.439 e. The number of nitrogens with one attached hydrogen (secondary N) is 1. The van der Waals surface area contributed by atoms with Gasteiger partial charge in [0, 0.05) is 17.4 Å². The molecule has 0 saturated heterocycles. The Bertz CT molecular complexity index is 669. The maximum absolute atomic E-state index is 11.4. The van der Waals surface area contributed by atoms with Crippen LogP contribution < -0.4 is 11.2 Å². The standard InChI is InChI=1S/C9H6BrN3O4/c10-6-4-13(9(15)11-8(6)14)3-5-1-2-7(12-16)17-5/h1-2,4H,3H2,(H,11,14,15). The lowest BCUT2D eigenvalue weighted by atomic mass is 10.4. The molecule has 0 aliphatic carbocycles. The summed E-state index contributed by atoms with van der Waals surface area (Å²) in [5.74, 6) is 0.331. The van der Waals surface area contributed by atoms with Crippen LogP contribution in [0.5, 0.6) is 0 Å². The highest BCUT2D eigenvalue weighted by Gasteiger charge is 2.06. The maximum atomic E-state index is 11.4. The highest BCUT2D eigenvalue weighted by molar-refractivity contribution is 9.10. The van der Waals surface area contributed by atoms with E-state index >= 15 is 0 Å². The smallest absolute Gasteiger partial charge is 0.328 e. The highest BCUT2D eigenvalue weighted by atomic mass is 79.9. The zero-order valence-corrected chi connectivity index (χ0v) is 9.93. The Morgan fingerprint density at radius 3 is 2.82 bits per heavy atom. The molecule has 0 atom stereocenters. The van der Waals surface area contributed by atoms with Gasteiger partial charge in [0.25, 0.3) is 11.4 Å². The Morgan fingerprint density at radius 1 is 1.41 bits per heavy atom. The Kier molecular flexibility index (Phi) is 3.05. The van der Waals surface area contributed by atoms with Gasteiger partial charge in [-0.2, -0.15) is 0 Å². The number of H-pyrrole nitrogens is 1. The first-order valence-electron chi connectivity index (χ1n) is 4.51. The monoisotopic (exact) mass is 299 g/mol. The van der Waals surface area contributed by atoms with Crippen molar-refractivity contribution < 1.29 is 4.42 Å². The van der Waals surface area contributed by atoms with Gasteiger partial charge in [-0.05, 0) is 22.0 Å². The van der Waals surface area contributed by atoms with Crippen molar-refractivity contribution in [3.8, 4) is 0 Å². The SMILES string of the molecule is O=Nc1ccc(Cn2cc(Br)c(=O)[nH]c2=O)o1. The van der Waals surface area contributed by atoms with Crippen LogP contribution in [-0.2, 0) is 6.54 Å². The Balaban J connectivity index is 2.36. The molecule has 0 unspecified atom stereocenters. The van der Waals surface area contributed by atoms with Crippen LogP contribution in [0.25, 0.3) is 0 Å². The van der Waals surface area contributed by atoms with E-state index in [4.69, 9.17) is 4.42 Å². The molecule has 1 N–H and O–H groups in total. The summed E-state index contributed by atoms with van der Waals surface area (Å²) in [6.07, 6.45) is 1.34. The van der Waals surface area contributed by atoms with Gasteiger partial charge in [0.2, 0.25) is 0 Å². The van der Waals surface area contributed by atoms with Gasteiger partial charge >= 0.3 is 5.69 Å². The van der Waals surface area contributed by atoms with Crippen molar-refractivity contribution >= 4 is 21.8 Å². The lowest BCUT2D eigenvalue weighted by Crippen LogP contribution is -2.29. The molecule has 2 aromatic rings. The maximum Gasteiger partial charge on any atom is 0.328 e. The molecule has 0 aliphatic heterocycles. The van der Waals surface area contributed by atoms with Crippen LogP contribution in [0.4, 0.5) is 5.88 Å². The molecule has 2 rings (SSSR count). The van der Waals surface area contributed by atoms with Gasteiger partial charge in [0.05, 0.1) is 11.0 Å². The molecule has 0 amide bonds. The van der Waals surface area contributed by atoms with E-state index in [0.717, 1.165) is 0 Å². The fraction of sp³-hybridized carbons (Fsp3) is 0.111. The van der Waals surface area contributed by atoms with Crippen LogP contribution >= 0.6 is 15.9 Å². The molecule has 0 bridgehead atoms. The second-order valence-electron chi connectivity index (χ2n) is 3.20. The predicted molar refractivity (Wildman–Crippen MR) is 62.3 cm³/mol. The summed E-state index contributed by atoms with van der Waals surface area (Å²) in [6.45, 7) is 0.101.